The summed E-state index contributed by atoms with van der Waals surface area (Å²) < 4.78 is 11.5. The third-order valence-corrected chi connectivity index (χ3v) is 6.94. The van der Waals surface area contributed by atoms with Crippen molar-refractivity contribution in [3.63, 3.8) is 0 Å². The van der Waals surface area contributed by atoms with Crippen molar-refractivity contribution in [1.82, 2.24) is 10.2 Å². The lowest BCUT2D eigenvalue weighted by Crippen LogP contribution is -2.34. The minimum absolute atomic E-state index is 0.00353. The monoisotopic (exact) mass is 326 g/mol. The van der Waals surface area contributed by atoms with Gasteiger partial charge >= 0.3 is 0 Å². The molecule has 1 aliphatic carbocycles. The van der Waals surface area contributed by atoms with Crippen LogP contribution in [0, 0.1) is 6.92 Å². The number of nitrogens with one attached hydrogen (secondary N) is 1. The van der Waals surface area contributed by atoms with E-state index in [1.165, 1.54) is 9.75 Å². The Kier molecular flexibility index (Phi) is 3.96. The van der Waals surface area contributed by atoms with Crippen LogP contribution in [0.1, 0.15) is 42.1 Å². The predicted molar refractivity (Wildman–Crippen MR) is 86.8 cm³/mol. The van der Waals surface area contributed by atoms with Crippen molar-refractivity contribution in [2.45, 2.75) is 50.1 Å². The highest BCUT2D eigenvalue weighted by Gasteiger charge is 2.59. The molecule has 1 aliphatic heterocycles. The van der Waals surface area contributed by atoms with E-state index in [2.05, 4.69) is 24.4 Å². The van der Waals surface area contributed by atoms with E-state index >= 15 is 0 Å². The lowest BCUT2D eigenvalue weighted by Gasteiger charge is -2.24. The van der Waals surface area contributed by atoms with Crippen LogP contribution in [0.4, 0.5) is 0 Å². The molecule has 1 spiro atoms. The van der Waals surface area contributed by atoms with Crippen molar-refractivity contribution in [2.24, 2.45) is 0 Å². The van der Waals surface area contributed by atoms with E-state index in [-0.39, 0.29) is 22.9 Å². The van der Waals surface area contributed by atoms with Crippen LogP contribution in [0.2, 0.25) is 0 Å². The number of hydrogen-bond acceptors (Lipinski definition) is 4. The van der Waals surface area contributed by atoms with Gasteiger partial charge in [-0.25, -0.2) is 0 Å². The van der Waals surface area contributed by atoms with Crippen LogP contribution in [-0.2, 0) is 15.6 Å². The normalized spacial score (nSPS) is 26.3. The maximum absolute atomic E-state index is 12.7. The van der Waals surface area contributed by atoms with Gasteiger partial charge in [-0.05, 0) is 38.3 Å². The lowest BCUT2D eigenvalue weighted by atomic mass is 10.2. The van der Waals surface area contributed by atoms with Crippen molar-refractivity contribution >= 4 is 28.0 Å². The van der Waals surface area contributed by atoms with Crippen molar-refractivity contribution in [3.05, 3.63) is 21.9 Å². The second-order valence-electron chi connectivity index (χ2n) is 6.17. The fraction of sp³-hybridized carbons (Fsp3) is 0.667. The highest BCUT2D eigenvalue weighted by molar-refractivity contribution is 7.84. The molecular formula is C15H22N2O2S2. The smallest absolute Gasteiger partial charge is 0.244 e. The molecule has 21 heavy (non-hydrogen) atoms. The third-order valence-electron chi connectivity index (χ3n) is 4.52. The Bertz CT molecular complexity index is 580. The van der Waals surface area contributed by atoms with Gasteiger partial charge in [0.2, 0.25) is 5.91 Å². The number of rotatable bonds is 5. The minimum atomic E-state index is -0.833. The summed E-state index contributed by atoms with van der Waals surface area (Å²) in [5.41, 5.74) is -0.294. The van der Waals surface area contributed by atoms with Crippen LogP contribution in [-0.4, -0.2) is 38.6 Å². The van der Waals surface area contributed by atoms with E-state index in [1.54, 1.807) is 17.6 Å². The van der Waals surface area contributed by atoms with Crippen LogP contribution in [0.5, 0.6) is 0 Å². The zero-order valence-electron chi connectivity index (χ0n) is 12.7. The van der Waals surface area contributed by atoms with Crippen LogP contribution >= 0.6 is 11.3 Å². The molecule has 3 unspecified atom stereocenters. The highest BCUT2D eigenvalue weighted by atomic mass is 32.2. The fourth-order valence-electron chi connectivity index (χ4n) is 2.82. The molecule has 3 atom stereocenters. The molecule has 6 heteroatoms. The van der Waals surface area contributed by atoms with Crippen molar-refractivity contribution < 1.29 is 9.00 Å². The molecule has 1 saturated carbocycles. The topological polar surface area (TPSA) is 49.4 Å². The highest BCUT2D eigenvalue weighted by Crippen LogP contribution is 2.46. The number of thiophene rings is 1. The first-order valence-corrected chi connectivity index (χ1v) is 9.84. The Morgan fingerprint density at radius 1 is 1.52 bits per heavy atom. The van der Waals surface area contributed by atoms with Gasteiger partial charge in [0.1, 0.15) is 11.7 Å². The van der Waals surface area contributed by atoms with Crippen LogP contribution in [0.25, 0.3) is 0 Å². The van der Waals surface area contributed by atoms with Gasteiger partial charge in [0.05, 0.1) is 0 Å². The van der Waals surface area contributed by atoms with Gasteiger partial charge < -0.3 is 4.90 Å². The maximum Gasteiger partial charge on any atom is 0.244 e. The summed E-state index contributed by atoms with van der Waals surface area (Å²) in [5, 5.41) is 3.66. The van der Waals surface area contributed by atoms with Crippen LogP contribution < -0.4 is 5.32 Å². The minimum Gasteiger partial charge on any atom is -0.320 e. The summed E-state index contributed by atoms with van der Waals surface area (Å²) in [6, 6.07) is 4.21. The molecule has 2 aliphatic rings. The first-order valence-electron chi connectivity index (χ1n) is 7.40. The summed E-state index contributed by atoms with van der Waals surface area (Å²) in [4.78, 5) is 17.1. The Labute approximate surface area is 132 Å². The molecule has 0 radical (unpaired) electrons. The van der Waals surface area contributed by atoms with Gasteiger partial charge in [0.25, 0.3) is 0 Å². The molecule has 116 valence electrons. The van der Waals surface area contributed by atoms with Gasteiger partial charge in [0, 0.05) is 38.6 Å². The van der Waals surface area contributed by atoms with Gasteiger partial charge in [-0.2, -0.15) is 0 Å². The van der Waals surface area contributed by atoms with Crippen LogP contribution in [0.3, 0.4) is 0 Å². The van der Waals surface area contributed by atoms with Crippen molar-refractivity contribution in [1.29, 1.82) is 0 Å². The molecule has 0 bridgehead atoms. The van der Waals surface area contributed by atoms with Gasteiger partial charge in [0.15, 0.2) is 0 Å². The number of hydrogen-bond donors (Lipinski definition) is 1. The largest absolute Gasteiger partial charge is 0.320 e. The van der Waals surface area contributed by atoms with E-state index in [0.29, 0.717) is 6.54 Å². The van der Waals surface area contributed by atoms with Gasteiger partial charge in [-0.15, -0.1) is 11.3 Å². The van der Waals surface area contributed by atoms with E-state index in [1.807, 2.05) is 11.8 Å². The Morgan fingerprint density at radius 3 is 2.76 bits per heavy atom. The van der Waals surface area contributed by atoms with Gasteiger partial charge in [-0.3, -0.25) is 14.3 Å². The number of carbonyl (C=O) groups is 1. The van der Waals surface area contributed by atoms with Crippen molar-refractivity contribution in [2.75, 3.05) is 12.8 Å². The molecule has 1 aromatic heterocycles. The average molecular weight is 326 g/mol. The Hall–Kier alpha value is -0.720. The van der Waals surface area contributed by atoms with E-state index < -0.39 is 10.8 Å². The molecule has 2 heterocycles. The van der Waals surface area contributed by atoms with Crippen LogP contribution in [0.15, 0.2) is 12.1 Å². The second-order valence-corrected chi connectivity index (χ2v) is 9.30. The summed E-state index contributed by atoms with van der Waals surface area (Å²) in [6.07, 6.45) is 4.40. The van der Waals surface area contributed by atoms with Crippen molar-refractivity contribution in [3.8, 4) is 0 Å². The molecule has 4 nitrogen and oxygen atoms in total. The number of aryl methyl sites for hydroxylation is 1. The number of nitrogens with zero attached hydrogens (tertiary/aromatic N) is 1. The summed E-state index contributed by atoms with van der Waals surface area (Å²) in [6.45, 7) is 4.75. The maximum atomic E-state index is 12.7. The second kappa shape index (κ2) is 5.48. The molecule has 2 fully saturated rings. The Balaban J connectivity index is 1.77. The quantitative estimate of drug-likeness (QED) is 0.902. The Morgan fingerprint density at radius 2 is 2.24 bits per heavy atom. The number of carbonyl (C=O) groups excluding carboxylic acids is 1. The van der Waals surface area contributed by atoms with E-state index in [4.69, 9.17) is 0 Å². The molecule has 1 saturated heterocycles. The molecule has 3 rings (SSSR count). The zero-order chi connectivity index (χ0) is 15.2. The summed E-state index contributed by atoms with van der Waals surface area (Å²) >= 11 is 1.74. The summed E-state index contributed by atoms with van der Waals surface area (Å²) in [5.74, 6) is 0.229. The first kappa shape index (κ1) is 15.2. The lowest BCUT2D eigenvalue weighted by molar-refractivity contribution is -0.130. The summed E-state index contributed by atoms with van der Waals surface area (Å²) in [7, 11) is -0.833. The van der Waals surface area contributed by atoms with E-state index in [0.717, 1.165) is 19.3 Å². The molecule has 1 amide bonds. The average Bonchev–Trinajstić information content (AvgIpc) is 3.02. The van der Waals surface area contributed by atoms with Gasteiger partial charge in [-0.1, -0.05) is 6.92 Å². The zero-order valence-corrected chi connectivity index (χ0v) is 14.4. The third kappa shape index (κ3) is 2.81. The fourth-order valence-corrected chi connectivity index (χ4v) is 4.20. The predicted octanol–water partition coefficient (Wildman–Crippen LogP) is 2.18. The standard InChI is InChI=1S/C15H22N2O2S2/c1-10-4-5-12(20-10)13-16-15(7-8-15)14(18)17(13)9-6-11(2)21(3)19/h4-5,11,13,16H,6-9H2,1-3H3. The SMILES string of the molecule is Cc1ccc(C2NC3(CC3)C(=O)N2CCC(C)S(C)=O)s1. The molecule has 1 N–H and O–H groups in total. The number of amides is 1. The molecule has 0 aromatic carbocycles. The van der Waals surface area contributed by atoms with E-state index in [9.17, 15) is 9.00 Å². The first-order chi connectivity index (χ1) is 9.93. The molecular weight excluding hydrogens is 304 g/mol. The molecule has 1 aromatic rings.